The van der Waals surface area contributed by atoms with Crippen molar-refractivity contribution in [3.05, 3.63) is 68.6 Å². The van der Waals surface area contributed by atoms with Gasteiger partial charge in [-0.05, 0) is 60.6 Å². The molecule has 1 atom stereocenters. The first kappa shape index (κ1) is 23.9. The maximum atomic E-state index is 12.9. The summed E-state index contributed by atoms with van der Waals surface area (Å²) in [6.07, 6.45) is 4.44. The lowest BCUT2D eigenvalue weighted by Crippen LogP contribution is -2.15. The van der Waals surface area contributed by atoms with E-state index >= 15 is 0 Å². The van der Waals surface area contributed by atoms with Gasteiger partial charge in [-0.2, -0.15) is 15.8 Å². The number of aromatic nitrogens is 1. The van der Waals surface area contributed by atoms with E-state index in [1.54, 1.807) is 0 Å². The maximum absolute atomic E-state index is 12.9. The van der Waals surface area contributed by atoms with Crippen LogP contribution in [0.25, 0.3) is 0 Å². The number of nitrogens with zero attached hydrogens (tertiary/aromatic N) is 4. The summed E-state index contributed by atoms with van der Waals surface area (Å²) in [5.41, 5.74) is 10.1. The highest BCUT2D eigenvalue weighted by atomic mass is 32.2. The number of fused-ring (bicyclic) bond motifs is 1. The van der Waals surface area contributed by atoms with Crippen molar-refractivity contribution in [2.75, 3.05) is 16.8 Å². The number of carbonyl (C=O) groups is 1. The average Bonchev–Trinajstić information content (AvgIpc) is 3.68. The highest BCUT2D eigenvalue weighted by Crippen LogP contribution is 2.46. The average molecular weight is 511 g/mol. The standard InChI is InChI=1S/C27H22N6OS2/c28-11-19-18-9-8-17(15-4-2-1-3-5-15)10-22(18)36-27(19)32-23(34)14-35-26-21(13-30)24(16-6-7-16)20(12-29)25(31)33-26/h1-5,16-17H,6-10,14H2,(H2,31,33)(H,32,34). The number of carbonyl (C=O) groups excluding carboxylic acids is 1. The second kappa shape index (κ2) is 10.0. The van der Waals surface area contributed by atoms with Gasteiger partial charge < -0.3 is 11.1 Å². The van der Waals surface area contributed by atoms with Gasteiger partial charge in [-0.1, -0.05) is 42.1 Å². The molecule has 0 radical (unpaired) electrons. The zero-order valence-electron chi connectivity index (χ0n) is 19.4. The number of amides is 1. The lowest BCUT2D eigenvalue weighted by Gasteiger charge is -2.22. The van der Waals surface area contributed by atoms with E-state index in [0.29, 0.717) is 32.6 Å². The number of pyridine rings is 1. The molecular weight excluding hydrogens is 488 g/mol. The Balaban J connectivity index is 1.32. The molecule has 1 saturated carbocycles. The van der Waals surface area contributed by atoms with Crippen molar-refractivity contribution in [1.29, 1.82) is 15.8 Å². The number of anilines is 2. The van der Waals surface area contributed by atoms with Gasteiger partial charge >= 0.3 is 0 Å². The van der Waals surface area contributed by atoms with Gasteiger partial charge in [-0.25, -0.2) is 4.98 Å². The number of nitrogens with one attached hydrogen (secondary N) is 1. The molecular formula is C27H22N6OS2. The van der Waals surface area contributed by atoms with Crippen LogP contribution in [0.4, 0.5) is 10.8 Å². The van der Waals surface area contributed by atoms with Gasteiger partial charge in [-0.3, -0.25) is 4.79 Å². The minimum absolute atomic E-state index is 0.0111. The van der Waals surface area contributed by atoms with Crippen LogP contribution in [0.15, 0.2) is 35.4 Å². The number of rotatable bonds is 6. The molecule has 1 amide bonds. The predicted molar refractivity (Wildman–Crippen MR) is 140 cm³/mol. The first-order valence-corrected chi connectivity index (χ1v) is 13.5. The number of nitrogens with two attached hydrogens (primary N) is 1. The quantitative estimate of drug-likeness (QED) is 0.433. The molecule has 2 aromatic heterocycles. The van der Waals surface area contributed by atoms with Crippen LogP contribution in [0, 0.1) is 34.0 Å². The molecule has 0 spiro atoms. The summed E-state index contributed by atoms with van der Waals surface area (Å²) in [4.78, 5) is 18.3. The molecule has 2 heterocycles. The van der Waals surface area contributed by atoms with Crippen LogP contribution in [0.1, 0.15) is 69.4 Å². The van der Waals surface area contributed by atoms with Crippen LogP contribution >= 0.6 is 23.1 Å². The van der Waals surface area contributed by atoms with Crippen molar-refractivity contribution in [2.24, 2.45) is 0 Å². The third-order valence-corrected chi connectivity index (χ3v) is 8.83. The second-order valence-corrected chi connectivity index (χ2v) is 11.0. The number of hydrogen-bond donors (Lipinski definition) is 2. The van der Waals surface area contributed by atoms with E-state index in [1.165, 1.54) is 16.9 Å². The van der Waals surface area contributed by atoms with Crippen molar-refractivity contribution in [1.82, 2.24) is 4.98 Å². The fourth-order valence-corrected chi connectivity index (χ4v) is 6.91. The van der Waals surface area contributed by atoms with Crippen molar-refractivity contribution in [3.8, 4) is 18.2 Å². The van der Waals surface area contributed by atoms with Crippen LogP contribution in [-0.2, 0) is 17.6 Å². The number of hydrogen-bond acceptors (Lipinski definition) is 8. The minimum atomic E-state index is -0.281. The van der Waals surface area contributed by atoms with E-state index in [4.69, 9.17) is 5.73 Å². The number of thiophene rings is 1. The van der Waals surface area contributed by atoms with Gasteiger partial charge in [0, 0.05) is 4.88 Å². The van der Waals surface area contributed by atoms with Gasteiger partial charge in [0.05, 0.1) is 22.4 Å². The number of thioether (sulfide) groups is 1. The predicted octanol–water partition coefficient (Wildman–Crippen LogP) is 5.22. The Labute approximate surface area is 217 Å². The van der Waals surface area contributed by atoms with Gasteiger partial charge in [-0.15, -0.1) is 11.3 Å². The van der Waals surface area contributed by atoms with Crippen LogP contribution in [0.5, 0.6) is 0 Å². The van der Waals surface area contributed by atoms with Crippen molar-refractivity contribution in [2.45, 2.75) is 49.0 Å². The molecule has 1 aromatic carbocycles. The highest BCUT2D eigenvalue weighted by molar-refractivity contribution is 8.00. The molecule has 3 N–H and O–H groups in total. The summed E-state index contributed by atoms with van der Waals surface area (Å²) in [5, 5.41) is 32.9. The Kier molecular flexibility index (Phi) is 6.65. The molecule has 1 unspecified atom stereocenters. The fourth-order valence-electron chi connectivity index (χ4n) is 4.81. The van der Waals surface area contributed by atoms with Gasteiger partial charge in [0.1, 0.15) is 34.1 Å². The molecule has 2 aliphatic rings. The zero-order chi connectivity index (χ0) is 25.2. The van der Waals surface area contributed by atoms with Gasteiger partial charge in [0.25, 0.3) is 0 Å². The Morgan fingerprint density at radius 2 is 1.78 bits per heavy atom. The Morgan fingerprint density at radius 3 is 2.44 bits per heavy atom. The van der Waals surface area contributed by atoms with E-state index in [0.717, 1.165) is 54.3 Å². The molecule has 7 nitrogen and oxygen atoms in total. The van der Waals surface area contributed by atoms with Gasteiger partial charge in [0.15, 0.2) is 0 Å². The van der Waals surface area contributed by atoms with E-state index in [2.05, 4.69) is 40.6 Å². The van der Waals surface area contributed by atoms with Crippen molar-refractivity contribution in [3.63, 3.8) is 0 Å². The fraction of sp³-hybridized carbons (Fsp3) is 0.296. The molecule has 36 heavy (non-hydrogen) atoms. The van der Waals surface area contributed by atoms with Crippen LogP contribution < -0.4 is 11.1 Å². The first-order chi connectivity index (χ1) is 17.5. The van der Waals surface area contributed by atoms with E-state index < -0.39 is 0 Å². The molecule has 1 fully saturated rings. The Bertz CT molecular complexity index is 1470. The first-order valence-electron chi connectivity index (χ1n) is 11.7. The molecule has 0 aliphatic heterocycles. The van der Waals surface area contributed by atoms with E-state index in [-0.39, 0.29) is 29.0 Å². The lowest BCUT2D eigenvalue weighted by molar-refractivity contribution is -0.113. The van der Waals surface area contributed by atoms with Crippen LogP contribution in [0.2, 0.25) is 0 Å². The summed E-state index contributed by atoms with van der Waals surface area (Å²) < 4.78 is 0. The summed E-state index contributed by atoms with van der Waals surface area (Å²) in [6.45, 7) is 0. The molecule has 3 aromatic rings. The Morgan fingerprint density at radius 1 is 1.06 bits per heavy atom. The zero-order valence-corrected chi connectivity index (χ0v) is 21.0. The summed E-state index contributed by atoms with van der Waals surface area (Å²) in [6, 6.07) is 16.9. The molecule has 2 aliphatic carbocycles. The lowest BCUT2D eigenvalue weighted by atomic mass is 9.83. The minimum Gasteiger partial charge on any atom is -0.383 e. The second-order valence-electron chi connectivity index (χ2n) is 8.97. The smallest absolute Gasteiger partial charge is 0.235 e. The SMILES string of the molecule is N#Cc1c(NC(=O)CSc2nc(N)c(C#N)c(C3CC3)c2C#N)sc2c1CCC(c1ccccc1)C2. The maximum Gasteiger partial charge on any atom is 0.235 e. The van der Waals surface area contributed by atoms with Crippen molar-refractivity contribution < 1.29 is 4.79 Å². The van der Waals surface area contributed by atoms with Crippen LogP contribution in [0.3, 0.4) is 0 Å². The van der Waals surface area contributed by atoms with E-state index in [9.17, 15) is 20.6 Å². The number of nitrogen functional groups attached to an aromatic ring is 1. The molecule has 178 valence electrons. The molecule has 0 saturated heterocycles. The summed E-state index contributed by atoms with van der Waals surface area (Å²) in [5.74, 6) is 0.365. The largest absolute Gasteiger partial charge is 0.383 e. The van der Waals surface area contributed by atoms with E-state index in [1.807, 2.05) is 18.2 Å². The van der Waals surface area contributed by atoms with Crippen LogP contribution in [-0.4, -0.2) is 16.6 Å². The van der Waals surface area contributed by atoms with Crippen molar-refractivity contribution >= 4 is 39.8 Å². The monoisotopic (exact) mass is 510 g/mol. The summed E-state index contributed by atoms with van der Waals surface area (Å²) in [7, 11) is 0. The van der Waals surface area contributed by atoms with Gasteiger partial charge in [0.2, 0.25) is 5.91 Å². The normalized spacial score (nSPS) is 16.3. The summed E-state index contributed by atoms with van der Waals surface area (Å²) >= 11 is 2.60. The number of nitriles is 3. The molecule has 0 bridgehead atoms. The molecule has 5 rings (SSSR count). The molecule has 9 heteroatoms. The third-order valence-electron chi connectivity index (χ3n) is 6.68. The third kappa shape index (κ3) is 4.54. The Hall–Kier alpha value is -3.84. The highest BCUT2D eigenvalue weighted by Gasteiger charge is 2.33. The topological polar surface area (TPSA) is 139 Å². The number of benzene rings is 1.